The number of primary amides is 1. The minimum absolute atomic E-state index is 0.449. The van der Waals surface area contributed by atoms with E-state index in [0.717, 1.165) is 0 Å². The number of rotatable bonds is 4. The van der Waals surface area contributed by atoms with E-state index in [9.17, 15) is 23.7 Å². The lowest BCUT2D eigenvalue weighted by molar-refractivity contribution is -0.385. The molecule has 0 aromatic heterocycles. The topological polar surface area (TPSA) is 86.2 Å². The van der Waals surface area contributed by atoms with Gasteiger partial charge in [0.05, 0.1) is 16.6 Å². The van der Waals surface area contributed by atoms with Crippen molar-refractivity contribution in [3.63, 3.8) is 0 Å². The zero-order valence-corrected chi connectivity index (χ0v) is 9.08. The predicted molar refractivity (Wildman–Crippen MR) is 55.6 cm³/mol. The third-order valence-corrected chi connectivity index (χ3v) is 2.39. The highest BCUT2D eigenvalue weighted by molar-refractivity contribution is 6.30. The number of nitro groups is 1. The van der Waals surface area contributed by atoms with Crippen LogP contribution < -0.4 is 5.73 Å². The van der Waals surface area contributed by atoms with Gasteiger partial charge >= 0.3 is 0 Å². The average Bonchev–Trinajstić information content (AvgIpc) is 2.20. The van der Waals surface area contributed by atoms with Gasteiger partial charge in [-0.25, -0.2) is 8.78 Å². The first kappa shape index (κ1) is 13.3. The summed E-state index contributed by atoms with van der Waals surface area (Å²) in [6.45, 7) is 0. The molecule has 1 atom stereocenters. The van der Waals surface area contributed by atoms with Gasteiger partial charge in [0.1, 0.15) is 17.0 Å². The van der Waals surface area contributed by atoms with Crippen LogP contribution in [0.5, 0.6) is 0 Å². The van der Waals surface area contributed by atoms with E-state index in [1.54, 1.807) is 0 Å². The zero-order chi connectivity index (χ0) is 13.2. The van der Waals surface area contributed by atoms with Gasteiger partial charge in [-0.3, -0.25) is 14.9 Å². The second-order valence-corrected chi connectivity index (χ2v) is 3.74. The van der Waals surface area contributed by atoms with E-state index in [1.165, 1.54) is 0 Å². The predicted octanol–water partition coefficient (Wildman–Crippen LogP) is 1.51. The van der Waals surface area contributed by atoms with Gasteiger partial charge in [0.15, 0.2) is 0 Å². The Morgan fingerprint density at radius 2 is 2.12 bits per heavy atom. The molecule has 1 aromatic rings. The summed E-state index contributed by atoms with van der Waals surface area (Å²) in [5, 5.41) is 9.29. The van der Waals surface area contributed by atoms with Crippen molar-refractivity contribution < 1.29 is 18.5 Å². The van der Waals surface area contributed by atoms with E-state index < -0.39 is 45.5 Å². The van der Waals surface area contributed by atoms with Crippen LogP contribution in [0.4, 0.5) is 14.5 Å². The van der Waals surface area contributed by atoms with Crippen LogP contribution in [0.1, 0.15) is 5.56 Å². The van der Waals surface area contributed by atoms with Crippen LogP contribution >= 0.6 is 11.6 Å². The summed E-state index contributed by atoms with van der Waals surface area (Å²) in [6.07, 6.45) is -0.473. The van der Waals surface area contributed by atoms with Crippen molar-refractivity contribution in [2.24, 2.45) is 5.73 Å². The van der Waals surface area contributed by atoms with E-state index >= 15 is 0 Å². The van der Waals surface area contributed by atoms with Gasteiger partial charge in [-0.15, -0.1) is 11.6 Å². The molecule has 0 fully saturated rings. The molecular weight excluding hydrogens is 258 g/mol. The largest absolute Gasteiger partial charge is 0.368 e. The summed E-state index contributed by atoms with van der Waals surface area (Å²) < 4.78 is 26.1. The standard InChI is InChI=1S/C9H7ClF2N2O3/c10-6(9(13)15)3-5-7(12)1-4(11)2-8(5)14(16)17/h1-2,6H,3H2,(H2,13,15). The van der Waals surface area contributed by atoms with Gasteiger partial charge < -0.3 is 5.73 Å². The number of hydrogen-bond acceptors (Lipinski definition) is 3. The Bertz CT molecular complexity index is 482. The van der Waals surface area contributed by atoms with Crippen LogP contribution in [0.15, 0.2) is 12.1 Å². The fraction of sp³-hybridized carbons (Fsp3) is 0.222. The highest BCUT2D eigenvalue weighted by atomic mass is 35.5. The highest BCUT2D eigenvalue weighted by Crippen LogP contribution is 2.25. The maximum absolute atomic E-state index is 13.3. The molecule has 0 saturated carbocycles. The number of amides is 1. The second kappa shape index (κ2) is 5.05. The fourth-order valence-corrected chi connectivity index (χ4v) is 1.39. The van der Waals surface area contributed by atoms with Gasteiger partial charge in [-0.05, 0) is 0 Å². The van der Waals surface area contributed by atoms with Gasteiger partial charge in [0.2, 0.25) is 5.91 Å². The van der Waals surface area contributed by atoms with Crippen molar-refractivity contribution in [2.45, 2.75) is 11.8 Å². The lowest BCUT2D eigenvalue weighted by Crippen LogP contribution is -2.26. The SMILES string of the molecule is NC(=O)C(Cl)Cc1c(F)cc(F)cc1[N+](=O)[O-]. The van der Waals surface area contributed by atoms with Crippen LogP contribution in [-0.4, -0.2) is 16.2 Å². The first-order valence-corrected chi connectivity index (χ1v) is 4.82. The number of hydrogen-bond donors (Lipinski definition) is 1. The van der Waals surface area contributed by atoms with Crippen LogP contribution in [0.2, 0.25) is 0 Å². The fourth-order valence-electron chi connectivity index (χ4n) is 1.23. The molecule has 8 heteroatoms. The average molecular weight is 265 g/mol. The highest BCUT2D eigenvalue weighted by Gasteiger charge is 2.24. The minimum atomic E-state index is -1.30. The van der Waals surface area contributed by atoms with Gasteiger partial charge in [-0.1, -0.05) is 0 Å². The van der Waals surface area contributed by atoms with E-state index in [-0.39, 0.29) is 0 Å². The number of alkyl halides is 1. The summed E-state index contributed by atoms with van der Waals surface area (Å²) in [7, 11) is 0. The van der Waals surface area contributed by atoms with Crippen LogP contribution in [-0.2, 0) is 11.2 Å². The molecule has 0 aliphatic rings. The van der Waals surface area contributed by atoms with Gasteiger partial charge in [-0.2, -0.15) is 0 Å². The number of benzene rings is 1. The summed E-state index contributed by atoms with van der Waals surface area (Å²) in [6, 6.07) is 1.04. The third kappa shape index (κ3) is 3.10. The molecule has 1 rings (SSSR count). The Hall–Kier alpha value is -1.76. The van der Waals surface area contributed by atoms with Crippen molar-refractivity contribution >= 4 is 23.2 Å². The Labute approximate surface area is 99.3 Å². The molecule has 92 valence electrons. The Balaban J connectivity index is 3.21. The van der Waals surface area contributed by atoms with Crippen LogP contribution in [0, 0.1) is 21.7 Å². The molecule has 0 aliphatic heterocycles. The quantitative estimate of drug-likeness (QED) is 0.508. The summed E-state index contributed by atoms with van der Waals surface area (Å²) in [5.74, 6) is -3.16. The van der Waals surface area contributed by atoms with E-state index in [1.807, 2.05) is 0 Å². The molecule has 1 amide bonds. The molecule has 1 unspecified atom stereocenters. The molecule has 17 heavy (non-hydrogen) atoms. The lowest BCUT2D eigenvalue weighted by atomic mass is 10.1. The first-order valence-electron chi connectivity index (χ1n) is 4.38. The molecule has 5 nitrogen and oxygen atoms in total. The first-order chi connectivity index (χ1) is 7.82. The Kier molecular flexibility index (Phi) is 3.95. The lowest BCUT2D eigenvalue weighted by Gasteiger charge is -2.07. The van der Waals surface area contributed by atoms with Crippen LogP contribution in [0.3, 0.4) is 0 Å². The third-order valence-electron chi connectivity index (χ3n) is 2.03. The molecule has 0 radical (unpaired) electrons. The maximum Gasteiger partial charge on any atom is 0.278 e. The molecule has 2 N–H and O–H groups in total. The molecule has 0 saturated heterocycles. The number of nitrogens with zero attached hydrogens (tertiary/aromatic N) is 1. The summed E-state index contributed by atoms with van der Waals surface area (Å²) >= 11 is 5.48. The number of nitro benzene ring substituents is 1. The number of carbonyl (C=O) groups is 1. The van der Waals surface area contributed by atoms with Crippen molar-refractivity contribution in [3.05, 3.63) is 39.4 Å². The minimum Gasteiger partial charge on any atom is -0.368 e. The second-order valence-electron chi connectivity index (χ2n) is 3.22. The van der Waals surface area contributed by atoms with E-state index in [0.29, 0.717) is 12.1 Å². The van der Waals surface area contributed by atoms with Crippen molar-refractivity contribution in [1.29, 1.82) is 0 Å². The molecule has 0 bridgehead atoms. The Morgan fingerprint density at radius 3 is 2.59 bits per heavy atom. The molecule has 0 aliphatic carbocycles. The molecular formula is C9H7ClF2N2O3. The number of halogens is 3. The van der Waals surface area contributed by atoms with E-state index in [2.05, 4.69) is 0 Å². The van der Waals surface area contributed by atoms with Crippen molar-refractivity contribution in [3.8, 4) is 0 Å². The molecule has 0 spiro atoms. The maximum atomic E-state index is 13.3. The van der Waals surface area contributed by atoms with Crippen molar-refractivity contribution in [2.75, 3.05) is 0 Å². The zero-order valence-electron chi connectivity index (χ0n) is 8.32. The number of carbonyl (C=O) groups excluding carboxylic acids is 1. The Morgan fingerprint density at radius 1 is 1.53 bits per heavy atom. The summed E-state index contributed by atoms with van der Waals surface area (Å²) in [4.78, 5) is 20.3. The van der Waals surface area contributed by atoms with E-state index in [4.69, 9.17) is 17.3 Å². The smallest absolute Gasteiger partial charge is 0.278 e. The van der Waals surface area contributed by atoms with Crippen molar-refractivity contribution in [1.82, 2.24) is 0 Å². The van der Waals surface area contributed by atoms with Gasteiger partial charge in [0.25, 0.3) is 5.69 Å². The van der Waals surface area contributed by atoms with Crippen LogP contribution in [0.25, 0.3) is 0 Å². The monoisotopic (exact) mass is 264 g/mol. The molecule has 1 aromatic carbocycles. The molecule has 0 heterocycles. The summed E-state index contributed by atoms with van der Waals surface area (Å²) in [5.41, 5.74) is 3.63. The van der Waals surface area contributed by atoms with Gasteiger partial charge in [0, 0.05) is 12.5 Å². The normalized spacial score (nSPS) is 12.2. The number of nitrogens with two attached hydrogens (primary N) is 1.